The number of carbonyl (C=O) groups excluding carboxylic acids is 1. The van der Waals surface area contributed by atoms with Gasteiger partial charge >= 0.3 is 0 Å². The standard InChI is InChI=1S/C12H17N.C8H8O/c1-10(2)8-13-9-12-7-5-4-6-11(12)3;1-7-4-2-3-5-8(7)6-9/h4-7,9-10H,8H2,1-3H3;2-6H,1H3. The van der Waals surface area contributed by atoms with E-state index in [1.807, 2.05) is 43.5 Å². The molecule has 2 aromatic rings. The number of rotatable bonds is 4. The fourth-order valence-corrected chi connectivity index (χ4v) is 1.81. The first-order valence-corrected chi connectivity index (χ1v) is 7.61. The summed E-state index contributed by atoms with van der Waals surface area (Å²) >= 11 is 0. The van der Waals surface area contributed by atoms with Gasteiger partial charge < -0.3 is 0 Å². The second-order valence-corrected chi connectivity index (χ2v) is 5.72. The van der Waals surface area contributed by atoms with E-state index in [1.54, 1.807) is 0 Å². The highest BCUT2D eigenvalue weighted by molar-refractivity contribution is 5.81. The van der Waals surface area contributed by atoms with Crippen molar-refractivity contribution in [2.75, 3.05) is 6.54 Å². The number of hydrogen-bond acceptors (Lipinski definition) is 2. The van der Waals surface area contributed by atoms with Crippen LogP contribution in [0.3, 0.4) is 0 Å². The van der Waals surface area contributed by atoms with Gasteiger partial charge in [0.25, 0.3) is 0 Å². The SMILES string of the molecule is Cc1ccccc1C=NCC(C)C.Cc1ccccc1C=O. The van der Waals surface area contributed by atoms with Crippen LogP contribution < -0.4 is 0 Å². The van der Waals surface area contributed by atoms with Gasteiger partial charge in [0.2, 0.25) is 0 Å². The molecule has 0 heterocycles. The van der Waals surface area contributed by atoms with Crippen molar-refractivity contribution in [3.63, 3.8) is 0 Å². The van der Waals surface area contributed by atoms with Crippen LogP contribution in [0.5, 0.6) is 0 Å². The molecule has 2 rings (SSSR count). The second kappa shape index (κ2) is 9.67. The molecule has 0 radical (unpaired) electrons. The van der Waals surface area contributed by atoms with Crippen molar-refractivity contribution in [3.05, 3.63) is 70.8 Å². The van der Waals surface area contributed by atoms with Gasteiger partial charge in [-0.2, -0.15) is 0 Å². The summed E-state index contributed by atoms with van der Waals surface area (Å²) in [6.45, 7) is 9.29. The third-order valence-corrected chi connectivity index (χ3v) is 3.20. The molecule has 22 heavy (non-hydrogen) atoms. The lowest BCUT2D eigenvalue weighted by Crippen LogP contribution is -1.93. The maximum Gasteiger partial charge on any atom is 0.150 e. The predicted octanol–water partition coefficient (Wildman–Crippen LogP) is 4.88. The molecular weight excluding hydrogens is 270 g/mol. The molecule has 0 N–H and O–H groups in total. The highest BCUT2D eigenvalue weighted by atomic mass is 16.1. The lowest BCUT2D eigenvalue weighted by molar-refractivity contribution is 0.112. The number of aliphatic imine (C=N–C) groups is 1. The molecule has 0 aliphatic carbocycles. The van der Waals surface area contributed by atoms with Gasteiger partial charge in [-0.05, 0) is 36.5 Å². The summed E-state index contributed by atoms with van der Waals surface area (Å²) in [4.78, 5) is 14.6. The fourth-order valence-electron chi connectivity index (χ4n) is 1.81. The zero-order valence-electron chi connectivity index (χ0n) is 13.9. The van der Waals surface area contributed by atoms with E-state index in [9.17, 15) is 4.79 Å². The highest BCUT2D eigenvalue weighted by Gasteiger charge is 1.92. The average molecular weight is 295 g/mol. The summed E-state index contributed by atoms with van der Waals surface area (Å²) in [6.07, 6.45) is 2.84. The van der Waals surface area contributed by atoms with Crippen LogP contribution in [0.4, 0.5) is 0 Å². The van der Waals surface area contributed by atoms with E-state index >= 15 is 0 Å². The Hall–Kier alpha value is -2.22. The summed E-state index contributed by atoms with van der Waals surface area (Å²) in [6, 6.07) is 15.8. The number of hydrogen-bond donors (Lipinski definition) is 0. The topological polar surface area (TPSA) is 29.4 Å². The molecule has 116 valence electrons. The van der Waals surface area contributed by atoms with E-state index in [4.69, 9.17) is 0 Å². The van der Waals surface area contributed by atoms with Gasteiger partial charge in [-0.25, -0.2) is 0 Å². The molecule has 2 nitrogen and oxygen atoms in total. The molecule has 0 amide bonds. The minimum absolute atomic E-state index is 0.639. The zero-order chi connectivity index (χ0) is 16.4. The Bertz CT molecular complexity index is 615. The van der Waals surface area contributed by atoms with Crippen molar-refractivity contribution in [1.29, 1.82) is 0 Å². The molecule has 0 saturated heterocycles. The normalized spacial score (nSPS) is 10.4. The minimum Gasteiger partial charge on any atom is -0.298 e. The molecule has 0 bridgehead atoms. The van der Waals surface area contributed by atoms with Crippen LogP contribution >= 0.6 is 0 Å². The van der Waals surface area contributed by atoms with Crippen LogP contribution in [0.2, 0.25) is 0 Å². The Balaban J connectivity index is 0.000000235. The number of carbonyl (C=O) groups is 1. The van der Waals surface area contributed by atoms with Crippen molar-refractivity contribution < 1.29 is 4.79 Å². The summed E-state index contributed by atoms with van der Waals surface area (Å²) < 4.78 is 0. The Morgan fingerprint density at radius 2 is 1.41 bits per heavy atom. The molecule has 0 aliphatic rings. The van der Waals surface area contributed by atoms with Gasteiger partial charge in [-0.1, -0.05) is 62.4 Å². The quantitative estimate of drug-likeness (QED) is 0.584. The van der Waals surface area contributed by atoms with Gasteiger partial charge in [0, 0.05) is 18.3 Å². The number of nitrogens with zero attached hydrogens (tertiary/aromatic N) is 1. The van der Waals surface area contributed by atoms with E-state index in [0.29, 0.717) is 5.92 Å². The van der Waals surface area contributed by atoms with Crippen molar-refractivity contribution in [2.24, 2.45) is 10.9 Å². The fraction of sp³-hybridized carbons (Fsp3) is 0.300. The summed E-state index contributed by atoms with van der Waals surface area (Å²) in [5, 5.41) is 0. The third-order valence-electron chi connectivity index (χ3n) is 3.20. The number of aryl methyl sites for hydroxylation is 2. The number of aldehydes is 1. The molecule has 0 saturated carbocycles. The van der Waals surface area contributed by atoms with Crippen LogP contribution in [0.1, 0.15) is 40.9 Å². The Labute approximate surface area is 133 Å². The predicted molar refractivity (Wildman–Crippen MR) is 95.0 cm³/mol. The van der Waals surface area contributed by atoms with Gasteiger partial charge in [0.15, 0.2) is 0 Å². The molecule has 2 heteroatoms. The molecule has 0 aromatic heterocycles. The highest BCUT2D eigenvalue weighted by Crippen LogP contribution is 2.04. The number of benzene rings is 2. The zero-order valence-corrected chi connectivity index (χ0v) is 13.9. The second-order valence-electron chi connectivity index (χ2n) is 5.72. The van der Waals surface area contributed by atoms with Crippen molar-refractivity contribution in [1.82, 2.24) is 0 Å². The monoisotopic (exact) mass is 295 g/mol. The maximum atomic E-state index is 10.2. The Morgan fingerprint density at radius 1 is 0.909 bits per heavy atom. The Kier molecular flexibility index (Phi) is 7.84. The van der Waals surface area contributed by atoms with Crippen LogP contribution in [0.15, 0.2) is 53.5 Å². The van der Waals surface area contributed by atoms with Crippen molar-refractivity contribution >= 4 is 12.5 Å². The maximum absolute atomic E-state index is 10.2. The smallest absolute Gasteiger partial charge is 0.150 e. The molecule has 0 atom stereocenters. The Morgan fingerprint density at radius 3 is 1.82 bits per heavy atom. The molecule has 2 aromatic carbocycles. The van der Waals surface area contributed by atoms with Crippen molar-refractivity contribution in [3.8, 4) is 0 Å². The summed E-state index contributed by atoms with van der Waals surface area (Å²) in [5.74, 6) is 0.639. The largest absolute Gasteiger partial charge is 0.298 e. The lowest BCUT2D eigenvalue weighted by atomic mass is 10.1. The summed E-state index contributed by atoms with van der Waals surface area (Å²) in [5.41, 5.74) is 4.32. The molecule has 0 spiro atoms. The van der Waals surface area contributed by atoms with Gasteiger partial charge in [0.1, 0.15) is 6.29 Å². The molecule has 0 aliphatic heterocycles. The first kappa shape index (κ1) is 17.8. The van der Waals surface area contributed by atoms with Crippen LogP contribution in [0, 0.1) is 19.8 Å². The van der Waals surface area contributed by atoms with E-state index in [0.717, 1.165) is 24.0 Å². The van der Waals surface area contributed by atoms with Gasteiger partial charge in [-0.3, -0.25) is 9.79 Å². The van der Waals surface area contributed by atoms with Crippen LogP contribution in [0.25, 0.3) is 0 Å². The van der Waals surface area contributed by atoms with E-state index in [2.05, 4.69) is 44.0 Å². The summed E-state index contributed by atoms with van der Waals surface area (Å²) in [7, 11) is 0. The van der Waals surface area contributed by atoms with Gasteiger partial charge in [0.05, 0.1) is 0 Å². The van der Waals surface area contributed by atoms with Gasteiger partial charge in [-0.15, -0.1) is 0 Å². The van der Waals surface area contributed by atoms with Crippen LogP contribution in [-0.4, -0.2) is 19.0 Å². The first-order valence-electron chi connectivity index (χ1n) is 7.61. The lowest BCUT2D eigenvalue weighted by Gasteiger charge is -1.99. The van der Waals surface area contributed by atoms with E-state index in [-0.39, 0.29) is 0 Å². The average Bonchev–Trinajstić information content (AvgIpc) is 2.50. The minimum atomic E-state index is 0.639. The van der Waals surface area contributed by atoms with Crippen LogP contribution in [-0.2, 0) is 0 Å². The molecular formula is C20H25NO. The first-order chi connectivity index (χ1) is 10.5. The molecule has 0 unspecified atom stereocenters. The van der Waals surface area contributed by atoms with Crippen molar-refractivity contribution in [2.45, 2.75) is 27.7 Å². The third kappa shape index (κ3) is 6.49. The van der Waals surface area contributed by atoms with E-state index in [1.165, 1.54) is 11.1 Å². The van der Waals surface area contributed by atoms with E-state index < -0.39 is 0 Å². The molecule has 0 fully saturated rings.